The van der Waals surface area contributed by atoms with E-state index in [-0.39, 0.29) is 84.9 Å². The number of fused-ring (bicyclic) bond motifs is 1. The molecule has 127 heavy (non-hydrogen) atoms. The molecular weight excluding hydrogens is 1800 g/mol. The molecule has 0 aliphatic rings. The number of nitrogens with one attached hydrogen (secondary N) is 2. The Morgan fingerprint density at radius 3 is 1.83 bits per heavy atom. The van der Waals surface area contributed by atoms with Crippen LogP contribution in [0.25, 0.3) is 55.7 Å². The summed E-state index contributed by atoms with van der Waals surface area (Å²) in [6.45, 7) is 13.5. The zero-order chi connectivity index (χ0) is 92.7. The molecule has 0 amide bonds. The molecule has 656 valence electrons. The van der Waals surface area contributed by atoms with E-state index in [9.17, 15) is 84.8 Å². The smallest absolute Gasteiger partial charge is 0.433 e. The number of ether oxygens (including phenoxy) is 2. The van der Waals surface area contributed by atoms with Crippen LogP contribution in [0.3, 0.4) is 0 Å². The van der Waals surface area contributed by atoms with Gasteiger partial charge in [0.25, 0.3) is 18.0 Å². The van der Waals surface area contributed by atoms with Crippen LogP contribution in [0.5, 0.6) is 23.1 Å². The molecule has 6 aromatic carbocycles. The Bertz CT molecular complexity index is 6330. The second-order valence-corrected chi connectivity index (χ2v) is 30.3. The fourth-order valence-corrected chi connectivity index (χ4v) is 12.8. The van der Waals surface area contributed by atoms with Crippen molar-refractivity contribution in [3.8, 4) is 79.7 Å². The van der Waals surface area contributed by atoms with E-state index in [1.807, 2.05) is 70.2 Å². The number of aryl methyl sites for hydroxylation is 5. The topological polar surface area (TPSA) is 189 Å². The Morgan fingerprint density at radius 2 is 1.17 bits per heavy atom. The van der Waals surface area contributed by atoms with Crippen molar-refractivity contribution in [2.75, 3.05) is 10.6 Å². The van der Waals surface area contributed by atoms with E-state index >= 15 is 0 Å². The molecule has 0 aliphatic heterocycles. The van der Waals surface area contributed by atoms with Crippen molar-refractivity contribution in [2.24, 2.45) is 0 Å². The van der Waals surface area contributed by atoms with Gasteiger partial charge < -0.3 is 20.1 Å². The van der Waals surface area contributed by atoms with Crippen LogP contribution in [0.4, 0.5) is 91.7 Å². The largest absolute Gasteiger partial charge is 0.455 e. The highest BCUT2D eigenvalue weighted by atomic mass is 79.9. The Kier molecular flexibility index (Phi) is 30.9. The molecule has 8 heterocycles. The standard InChI is InChI=1S/C24H21F2N3O2.C19H12F6N2.C19H15F3N2O.C17H10BrClF3NO.C13H11ClF3N3/c1-16-9-10-21(29(30)31)20(15-16)28-24(2,3)13-11-18-19(23(25)26)12-14-27-22(18)17-7-5-4-6-8-17;1-18(21,22)16-4-5-26-10-15(16)11-6-12(8-14(20)7-11)17-3-2-13(9-27-17)19(23,24)25;1-12-4-3-5-14(8-12)15-9-13(2)10-24-18(15)25-17-11-23-7-6-16(17)19(20,21)22;1-9-2-5-12(18)15(6-9)24-14-8-16(17(20,21)22)23-13-7-10(19)3-4-11(13)14;1-8-5-20-12(14)4-11(8)19-7-9-6-18-3-2-10(9)13(15,16)17/h4-10,12,14-15,23,28H,1-3H3;2-10H,1H3;3-11H,1-2H3;2-8H,1H3;2-6H,7H2,1H3,(H,19,20). The van der Waals surface area contributed by atoms with Gasteiger partial charge in [0.15, 0.2) is 5.75 Å². The normalized spacial score (nSPS) is 11.6. The molecule has 0 saturated carbocycles. The summed E-state index contributed by atoms with van der Waals surface area (Å²) >= 11 is 15.0. The summed E-state index contributed by atoms with van der Waals surface area (Å²) in [7, 11) is 0. The number of pyridine rings is 8. The van der Waals surface area contributed by atoms with Gasteiger partial charge in [0.05, 0.1) is 54.7 Å². The highest BCUT2D eigenvalue weighted by Crippen LogP contribution is 2.44. The van der Waals surface area contributed by atoms with Crippen molar-refractivity contribution < 1.29 is 89.0 Å². The lowest BCUT2D eigenvalue weighted by Crippen LogP contribution is -2.29. The average Bonchev–Trinajstić information content (AvgIpc) is 0.782. The van der Waals surface area contributed by atoms with E-state index in [2.05, 4.69) is 78.3 Å². The predicted molar refractivity (Wildman–Crippen MR) is 454 cm³/mol. The van der Waals surface area contributed by atoms with Crippen LogP contribution in [0.2, 0.25) is 10.2 Å². The predicted octanol–water partition coefficient (Wildman–Crippen LogP) is 28.6. The summed E-state index contributed by atoms with van der Waals surface area (Å²) in [6, 6.07) is 45.2. The number of rotatable bonds is 16. The number of aromatic nitrogens is 8. The van der Waals surface area contributed by atoms with Gasteiger partial charge in [-0.15, -0.1) is 0 Å². The van der Waals surface area contributed by atoms with Crippen LogP contribution in [0.1, 0.15) is 99.7 Å². The molecule has 14 rings (SSSR count). The first-order valence-corrected chi connectivity index (χ1v) is 39.0. The fourth-order valence-electron chi connectivity index (χ4n) is 12.1. The fraction of sp³-hybridized carbons (Fsp3) is 0.174. The molecule has 35 heteroatoms. The van der Waals surface area contributed by atoms with E-state index in [0.29, 0.717) is 61.9 Å². The van der Waals surface area contributed by atoms with Gasteiger partial charge >= 0.3 is 24.7 Å². The molecule has 0 spiro atoms. The Hall–Kier alpha value is -13.2. The Balaban J connectivity index is 0.000000167. The highest BCUT2D eigenvalue weighted by Gasteiger charge is 2.38. The van der Waals surface area contributed by atoms with Crippen molar-refractivity contribution in [3.63, 3.8) is 0 Å². The summed E-state index contributed by atoms with van der Waals surface area (Å²) in [5.74, 6) is 2.12. The lowest BCUT2D eigenvalue weighted by Gasteiger charge is -2.21. The second kappa shape index (κ2) is 40.8. The molecule has 0 unspecified atom stereocenters. The molecule has 0 bridgehead atoms. The molecular formula is C92H69BrCl2F17N11O4. The van der Waals surface area contributed by atoms with Crippen LogP contribution in [0.15, 0.2) is 248 Å². The molecule has 15 nitrogen and oxygen atoms in total. The van der Waals surface area contributed by atoms with Crippen molar-refractivity contribution in [3.05, 3.63) is 347 Å². The van der Waals surface area contributed by atoms with E-state index in [4.69, 9.17) is 32.7 Å². The molecule has 0 radical (unpaired) electrons. The maximum atomic E-state index is 14.1. The van der Waals surface area contributed by atoms with Gasteiger partial charge in [-0.3, -0.25) is 35.0 Å². The van der Waals surface area contributed by atoms with Gasteiger partial charge in [-0.1, -0.05) is 107 Å². The number of halogens is 20. The molecule has 14 aromatic rings. The van der Waals surface area contributed by atoms with E-state index in [1.165, 1.54) is 49.1 Å². The van der Waals surface area contributed by atoms with Gasteiger partial charge in [0.2, 0.25) is 5.88 Å². The van der Waals surface area contributed by atoms with Crippen molar-refractivity contribution >= 4 is 67.1 Å². The van der Waals surface area contributed by atoms with Crippen LogP contribution >= 0.6 is 39.1 Å². The number of nitro benzene ring substituents is 1. The zero-order valence-electron chi connectivity index (χ0n) is 67.6. The summed E-state index contributed by atoms with van der Waals surface area (Å²) in [6.07, 6.45) is -8.85. The summed E-state index contributed by atoms with van der Waals surface area (Å²) < 4.78 is 236. The summed E-state index contributed by atoms with van der Waals surface area (Å²) in [5.41, 5.74) is 3.50. The Morgan fingerprint density at radius 1 is 0.520 bits per heavy atom. The third-order valence-corrected chi connectivity index (χ3v) is 19.2. The Labute approximate surface area is 733 Å². The minimum Gasteiger partial charge on any atom is -0.455 e. The van der Waals surface area contributed by atoms with Crippen LogP contribution in [-0.4, -0.2) is 50.3 Å². The number of anilines is 2. The summed E-state index contributed by atoms with van der Waals surface area (Å²) in [4.78, 5) is 41.9. The van der Waals surface area contributed by atoms with Gasteiger partial charge in [-0.2, -0.15) is 52.7 Å². The second-order valence-electron chi connectivity index (χ2n) is 28.6. The number of nitro groups is 1. The molecule has 0 atom stereocenters. The van der Waals surface area contributed by atoms with Gasteiger partial charge in [-0.05, 0) is 201 Å². The first-order chi connectivity index (χ1) is 59.7. The maximum Gasteiger partial charge on any atom is 0.433 e. The zero-order valence-corrected chi connectivity index (χ0v) is 70.7. The van der Waals surface area contributed by atoms with E-state index in [1.54, 1.807) is 99.9 Å². The maximum absolute atomic E-state index is 14.1. The molecule has 0 fully saturated rings. The number of benzene rings is 6. The minimum atomic E-state index is -4.58. The van der Waals surface area contributed by atoms with Crippen molar-refractivity contribution in [1.29, 1.82) is 0 Å². The first-order valence-electron chi connectivity index (χ1n) is 37.5. The quantitative estimate of drug-likeness (QED) is 0.0306. The SMILES string of the molecule is CC(F)(F)c1ccncc1-c1cc(F)cc(-c2ccc(C(F)(F)F)cn2)c1.Cc1ccc(Br)c(Oc2cc(C(F)(F)F)nc3cc(Cl)ccc23)c1.Cc1ccc([N+](=O)[O-])c(NC(C)(C)C#Cc2c(C(F)F)ccnc2-c2ccccc2)c1.Cc1cccc(-c2cc(C)cnc2Oc2cnccc2C(F)(F)F)c1.Cc1cnc(Cl)cc1NCc1cnccc1C(F)(F)F. The lowest BCUT2D eigenvalue weighted by atomic mass is 9.96. The minimum absolute atomic E-state index is 0.00383. The van der Waals surface area contributed by atoms with Crippen LogP contribution in [0, 0.1) is 62.4 Å². The third kappa shape index (κ3) is 26.5. The van der Waals surface area contributed by atoms with Gasteiger partial charge in [-0.25, -0.2) is 36.9 Å². The summed E-state index contributed by atoms with van der Waals surface area (Å²) in [5, 5.41) is 18.4. The van der Waals surface area contributed by atoms with Gasteiger partial charge in [0.1, 0.15) is 39.4 Å². The first kappa shape index (κ1) is 96.0. The van der Waals surface area contributed by atoms with E-state index < -0.39 is 75.7 Å². The van der Waals surface area contributed by atoms with Crippen LogP contribution in [-0.2, 0) is 37.2 Å². The van der Waals surface area contributed by atoms with E-state index in [0.717, 1.165) is 101 Å². The number of hydrogen-bond acceptors (Lipinski definition) is 14. The average molecular weight is 1870 g/mol. The lowest BCUT2D eigenvalue weighted by molar-refractivity contribution is -0.384. The van der Waals surface area contributed by atoms with Crippen LogP contribution < -0.4 is 20.1 Å². The van der Waals surface area contributed by atoms with Crippen molar-refractivity contribution in [2.45, 2.75) is 105 Å². The highest BCUT2D eigenvalue weighted by molar-refractivity contribution is 9.10. The molecule has 8 aromatic heterocycles. The molecule has 2 N–H and O–H groups in total. The number of nitrogens with zero attached hydrogens (tertiary/aromatic N) is 9. The number of hydrogen-bond donors (Lipinski definition) is 2. The molecule has 0 saturated heterocycles. The molecule has 0 aliphatic carbocycles. The van der Waals surface area contributed by atoms with Gasteiger partial charge in [0, 0.05) is 136 Å². The third-order valence-electron chi connectivity index (χ3n) is 18.1. The van der Waals surface area contributed by atoms with Crippen molar-refractivity contribution in [1.82, 2.24) is 39.9 Å². The monoisotopic (exact) mass is 1860 g/mol. The number of alkyl halides is 16.